The third kappa shape index (κ3) is 4.21. The van der Waals surface area contributed by atoms with Crippen molar-refractivity contribution in [1.29, 1.82) is 0 Å². The van der Waals surface area contributed by atoms with Gasteiger partial charge in [-0.3, -0.25) is 0 Å². The van der Waals surface area contributed by atoms with E-state index < -0.39 is 10.2 Å². The van der Waals surface area contributed by atoms with Crippen molar-refractivity contribution in [3.05, 3.63) is 0 Å². The predicted molar refractivity (Wildman–Crippen MR) is 70.0 cm³/mol. The summed E-state index contributed by atoms with van der Waals surface area (Å²) in [7, 11) is -1.34. The zero-order valence-electron chi connectivity index (χ0n) is 11.1. The molecule has 0 aliphatic carbocycles. The maximum Gasteiger partial charge on any atom is 0.279 e. The van der Waals surface area contributed by atoms with Gasteiger partial charge in [0.25, 0.3) is 10.2 Å². The van der Waals surface area contributed by atoms with Gasteiger partial charge in [0.1, 0.15) is 0 Å². The van der Waals surface area contributed by atoms with Gasteiger partial charge >= 0.3 is 0 Å². The van der Waals surface area contributed by atoms with Crippen LogP contribution in [0.3, 0.4) is 0 Å². The molecule has 1 rings (SSSR count). The second-order valence-corrected chi connectivity index (χ2v) is 6.49. The van der Waals surface area contributed by atoms with Crippen LogP contribution in [0.2, 0.25) is 0 Å². The molecule has 2 atom stereocenters. The second-order valence-electron chi connectivity index (χ2n) is 4.74. The van der Waals surface area contributed by atoms with Gasteiger partial charge in [0, 0.05) is 25.7 Å². The van der Waals surface area contributed by atoms with E-state index >= 15 is 0 Å². The van der Waals surface area contributed by atoms with Gasteiger partial charge in [0.05, 0.1) is 0 Å². The smallest absolute Gasteiger partial charge is 0.279 e. The number of piperidine rings is 1. The van der Waals surface area contributed by atoms with E-state index in [-0.39, 0.29) is 0 Å². The molecule has 17 heavy (non-hydrogen) atoms. The summed E-state index contributed by atoms with van der Waals surface area (Å²) in [4.78, 5) is 0. The Morgan fingerprint density at radius 1 is 1.47 bits per heavy atom. The third-order valence-corrected chi connectivity index (χ3v) is 5.04. The summed E-state index contributed by atoms with van der Waals surface area (Å²) >= 11 is 0. The minimum atomic E-state index is -3.26. The molecule has 1 saturated heterocycles. The van der Waals surface area contributed by atoms with E-state index in [0.29, 0.717) is 31.6 Å². The highest BCUT2D eigenvalue weighted by molar-refractivity contribution is 7.87. The van der Waals surface area contributed by atoms with Crippen LogP contribution in [0.15, 0.2) is 0 Å². The molecule has 0 aromatic heterocycles. The number of nitrogens with zero attached hydrogens (tertiary/aromatic N) is 1. The van der Waals surface area contributed by atoms with Crippen LogP contribution in [0.4, 0.5) is 0 Å². The summed E-state index contributed by atoms with van der Waals surface area (Å²) in [5.74, 6) is 0.409. The molecule has 0 amide bonds. The van der Waals surface area contributed by atoms with Crippen LogP contribution in [0.25, 0.3) is 0 Å². The van der Waals surface area contributed by atoms with E-state index in [0.717, 1.165) is 19.3 Å². The normalized spacial score (nSPS) is 24.8. The van der Waals surface area contributed by atoms with Crippen LogP contribution in [0, 0.1) is 5.92 Å². The summed E-state index contributed by atoms with van der Waals surface area (Å²) in [6.07, 6.45) is 2.87. The van der Waals surface area contributed by atoms with Crippen LogP contribution in [-0.2, 0) is 10.2 Å². The molecule has 102 valence electrons. The van der Waals surface area contributed by atoms with Gasteiger partial charge in [-0.1, -0.05) is 6.92 Å². The number of hydrogen-bond donors (Lipinski definition) is 2. The van der Waals surface area contributed by atoms with Crippen molar-refractivity contribution in [2.75, 3.05) is 26.7 Å². The fourth-order valence-electron chi connectivity index (χ4n) is 2.16. The molecule has 1 aliphatic heterocycles. The molecule has 0 spiro atoms. The quantitative estimate of drug-likeness (QED) is 0.736. The maximum absolute atomic E-state index is 12.0. The van der Waals surface area contributed by atoms with Crippen LogP contribution in [0.5, 0.6) is 0 Å². The minimum Gasteiger partial charge on any atom is -0.317 e. The van der Waals surface area contributed by atoms with Crippen molar-refractivity contribution in [2.24, 2.45) is 5.92 Å². The minimum absolute atomic E-state index is 0.360. The lowest BCUT2D eigenvalue weighted by atomic mass is 9.93. The molecule has 2 unspecified atom stereocenters. The fourth-order valence-corrected chi connectivity index (χ4v) is 3.56. The molecular weight excluding hydrogens is 238 g/mol. The summed E-state index contributed by atoms with van der Waals surface area (Å²) < 4.78 is 28.2. The van der Waals surface area contributed by atoms with Crippen molar-refractivity contribution in [3.8, 4) is 0 Å². The standard InChI is InChI=1S/C11H25N3O2S/c1-4-7-13-17(15,16)14-8-5-6-11(9-14)10(2)12-3/h10-13H,4-9H2,1-3H3. The molecule has 2 N–H and O–H groups in total. The van der Waals surface area contributed by atoms with Gasteiger partial charge in [-0.05, 0) is 39.2 Å². The molecule has 5 nitrogen and oxygen atoms in total. The highest BCUT2D eigenvalue weighted by Gasteiger charge is 2.30. The highest BCUT2D eigenvalue weighted by Crippen LogP contribution is 2.21. The molecule has 0 bridgehead atoms. The summed E-state index contributed by atoms with van der Waals surface area (Å²) in [5, 5.41) is 3.21. The van der Waals surface area contributed by atoms with E-state index in [2.05, 4.69) is 17.0 Å². The van der Waals surface area contributed by atoms with Crippen molar-refractivity contribution in [2.45, 2.75) is 39.2 Å². The largest absolute Gasteiger partial charge is 0.317 e. The number of hydrogen-bond acceptors (Lipinski definition) is 3. The van der Waals surface area contributed by atoms with Crippen molar-refractivity contribution in [3.63, 3.8) is 0 Å². The van der Waals surface area contributed by atoms with Gasteiger partial charge < -0.3 is 5.32 Å². The second kappa shape index (κ2) is 6.68. The first-order chi connectivity index (χ1) is 8.01. The van der Waals surface area contributed by atoms with E-state index in [1.807, 2.05) is 14.0 Å². The zero-order chi connectivity index (χ0) is 12.9. The number of rotatable bonds is 6. The summed E-state index contributed by atoms with van der Waals surface area (Å²) in [6.45, 7) is 5.86. The average Bonchev–Trinajstić information content (AvgIpc) is 2.35. The Balaban J connectivity index is 2.59. The van der Waals surface area contributed by atoms with Crippen LogP contribution < -0.4 is 10.0 Å². The van der Waals surface area contributed by atoms with Gasteiger partial charge in [-0.15, -0.1) is 0 Å². The first-order valence-electron chi connectivity index (χ1n) is 6.43. The SMILES string of the molecule is CCCNS(=O)(=O)N1CCCC(C(C)NC)C1. The van der Waals surface area contributed by atoms with Crippen LogP contribution in [0.1, 0.15) is 33.1 Å². The summed E-state index contributed by atoms with van der Waals surface area (Å²) in [6, 6.07) is 0.360. The molecule has 1 aliphatic rings. The number of nitrogens with one attached hydrogen (secondary N) is 2. The van der Waals surface area contributed by atoms with E-state index in [1.165, 1.54) is 0 Å². The van der Waals surface area contributed by atoms with Gasteiger partial charge in [-0.25, -0.2) is 4.72 Å². The Labute approximate surface area is 105 Å². The van der Waals surface area contributed by atoms with E-state index in [4.69, 9.17) is 0 Å². The van der Waals surface area contributed by atoms with E-state index in [1.54, 1.807) is 4.31 Å². The third-order valence-electron chi connectivity index (χ3n) is 3.46. The molecule has 0 aromatic carbocycles. The maximum atomic E-state index is 12.0. The lowest BCUT2D eigenvalue weighted by molar-refractivity contribution is 0.227. The Morgan fingerprint density at radius 3 is 2.76 bits per heavy atom. The molecule has 6 heteroatoms. The Bertz CT molecular complexity index is 319. The van der Waals surface area contributed by atoms with Crippen molar-refractivity contribution < 1.29 is 8.42 Å². The molecule has 1 heterocycles. The first kappa shape index (κ1) is 14.9. The Hall–Kier alpha value is -0.170. The Kier molecular flexibility index (Phi) is 5.85. The zero-order valence-corrected chi connectivity index (χ0v) is 11.9. The average molecular weight is 263 g/mol. The highest BCUT2D eigenvalue weighted by atomic mass is 32.2. The van der Waals surface area contributed by atoms with Gasteiger partial charge in [-0.2, -0.15) is 12.7 Å². The molecule has 0 saturated carbocycles. The van der Waals surface area contributed by atoms with E-state index in [9.17, 15) is 8.42 Å². The Morgan fingerprint density at radius 2 is 2.18 bits per heavy atom. The van der Waals surface area contributed by atoms with Crippen molar-refractivity contribution >= 4 is 10.2 Å². The fraction of sp³-hybridized carbons (Fsp3) is 1.00. The molecule has 0 radical (unpaired) electrons. The van der Waals surface area contributed by atoms with Gasteiger partial charge in [0.2, 0.25) is 0 Å². The van der Waals surface area contributed by atoms with Crippen LogP contribution in [-0.4, -0.2) is 45.4 Å². The van der Waals surface area contributed by atoms with Gasteiger partial charge in [0.15, 0.2) is 0 Å². The lowest BCUT2D eigenvalue weighted by Gasteiger charge is -2.34. The van der Waals surface area contributed by atoms with Crippen LogP contribution >= 0.6 is 0 Å². The summed E-state index contributed by atoms with van der Waals surface area (Å²) in [5.41, 5.74) is 0. The molecule has 1 fully saturated rings. The molecular formula is C11H25N3O2S. The lowest BCUT2D eigenvalue weighted by Crippen LogP contribution is -2.49. The topological polar surface area (TPSA) is 61.4 Å². The van der Waals surface area contributed by atoms with Crippen molar-refractivity contribution in [1.82, 2.24) is 14.3 Å². The first-order valence-corrected chi connectivity index (χ1v) is 7.87. The molecule has 0 aromatic rings. The predicted octanol–water partition coefficient (Wildman–Crippen LogP) is 0.551. The monoisotopic (exact) mass is 263 g/mol.